The average molecular weight is 340 g/mol. The second-order valence-corrected chi connectivity index (χ2v) is 7.63. The first-order chi connectivity index (χ1) is 10.9. The zero-order chi connectivity index (χ0) is 16.7. The van der Waals surface area contributed by atoms with Crippen molar-refractivity contribution in [1.29, 1.82) is 0 Å². The van der Waals surface area contributed by atoms with Gasteiger partial charge in [-0.3, -0.25) is 4.79 Å². The summed E-state index contributed by atoms with van der Waals surface area (Å²) in [6.45, 7) is 4.81. The molecule has 8 heteroatoms. The lowest BCUT2D eigenvalue weighted by atomic mass is 9.93. The molecule has 2 fully saturated rings. The van der Waals surface area contributed by atoms with Gasteiger partial charge in [0, 0.05) is 6.54 Å². The van der Waals surface area contributed by atoms with Crippen LogP contribution in [0, 0.1) is 0 Å². The molecule has 126 valence electrons. The van der Waals surface area contributed by atoms with Gasteiger partial charge in [0.15, 0.2) is 0 Å². The van der Waals surface area contributed by atoms with Crippen molar-refractivity contribution in [3.8, 4) is 5.75 Å². The van der Waals surface area contributed by atoms with E-state index in [0.717, 1.165) is 0 Å². The normalized spacial score (nSPS) is 24.1. The Hall–Kier alpha value is -1.64. The first kappa shape index (κ1) is 16.2. The summed E-state index contributed by atoms with van der Waals surface area (Å²) in [5, 5.41) is 2.76. The molecule has 0 aliphatic carbocycles. The molecule has 0 unspecified atom stereocenters. The number of rotatable bonds is 4. The highest BCUT2D eigenvalue weighted by atomic mass is 32.2. The van der Waals surface area contributed by atoms with E-state index in [1.807, 2.05) is 6.92 Å². The van der Waals surface area contributed by atoms with Crippen LogP contribution in [-0.2, 0) is 19.6 Å². The molecule has 1 atom stereocenters. The van der Waals surface area contributed by atoms with Crippen LogP contribution in [0.1, 0.15) is 13.8 Å². The Labute approximate surface area is 135 Å². The van der Waals surface area contributed by atoms with Crippen LogP contribution in [0.25, 0.3) is 0 Å². The van der Waals surface area contributed by atoms with Gasteiger partial charge in [0.25, 0.3) is 0 Å². The van der Waals surface area contributed by atoms with E-state index in [1.54, 1.807) is 19.1 Å². The highest BCUT2D eigenvalue weighted by Crippen LogP contribution is 2.35. The minimum atomic E-state index is -3.81. The minimum absolute atomic E-state index is 0.147. The third-order valence-corrected chi connectivity index (χ3v) is 6.31. The predicted octanol–water partition coefficient (Wildman–Crippen LogP) is 0.363. The monoisotopic (exact) mass is 340 g/mol. The predicted molar refractivity (Wildman–Crippen MR) is 82.7 cm³/mol. The van der Waals surface area contributed by atoms with Gasteiger partial charge in [-0.25, -0.2) is 8.42 Å². The van der Waals surface area contributed by atoms with Crippen molar-refractivity contribution >= 4 is 15.9 Å². The number of hydrogen-bond donors (Lipinski definition) is 1. The second kappa shape index (κ2) is 5.77. The van der Waals surface area contributed by atoms with E-state index in [2.05, 4.69) is 5.32 Å². The van der Waals surface area contributed by atoms with Crippen LogP contribution in [0.4, 0.5) is 0 Å². The van der Waals surface area contributed by atoms with Crippen LogP contribution in [0.3, 0.4) is 0 Å². The van der Waals surface area contributed by atoms with Gasteiger partial charge in [-0.15, -0.1) is 0 Å². The van der Waals surface area contributed by atoms with E-state index in [1.165, 1.54) is 16.4 Å². The molecule has 0 saturated carbocycles. The number of nitrogens with one attached hydrogen (secondary N) is 1. The molecule has 1 spiro atoms. The standard InChI is InChI=1S/C15H20N2O5S/c1-3-22-12-4-6-13(7-5-12)23(19,20)17-11(2)14(18)16-8-15(17)9-21-10-15/h4-7,11H,3,8-10H2,1-2H3,(H,16,18)/t11-/m0/s1. The van der Waals surface area contributed by atoms with Crippen molar-refractivity contribution in [1.82, 2.24) is 9.62 Å². The fourth-order valence-corrected chi connectivity index (χ4v) is 4.91. The zero-order valence-electron chi connectivity index (χ0n) is 13.1. The molecule has 2 saturated heterocycles. The third-order valence-electron chi connectivity index (χ3n) is 4.22. The molecule has 1 amide bonds. The molecule has 1 aromatic rings. The minimum Gasteiger partial charge on any atom is -0.494 e. The molecular weight excluding hydrogens is 320 g/mol. The van der Waals surface area contributed by atoms with E-state index in [4.69, 9.17) is 9.47 Å². The molecule has 1 N–H and O–H groups in total. The largest absolute Gasteiger partial charge is 0.494 e. The molecule has 23 heavy (non-hydrogen) atoms. The molecule has 0 bridgehead atoms. The number of nitrogens with zero attached hydrogens (tertiary/aromatic N) is 1. The molecule has 2 aliphatic rings. The number of carbonyl (C=O) groups excluding carboxylic acids is 1. The van der Waals surface area contributed by atoms with E-state index < -0.39 is 21.6 Å². The van der Waals surface area contributed by atoms with Crippen molar-refractivity contribution in [2.45, 2.75) is 30.3 Å². The second-order valence-electron chi connectivity index (χ2n) is 5.82. The Kier molecular flexibility index (Phi) is 4.07. The Morgan fingerprint density at radius 3 is 2.52 bits per heavy atom. The van der Waals surface area contributed by atoms with Crippen LogP contribution in [0.5, 0.6) is 5.75 Å². The first-order valence-corrected chi connectivity index (χ1v) is 8.97. The average Bonchev–Trinajstić information content (AvgIpc) is 2.49. The van der Waals surface area contributed by atoms with Crippen molar-refractivity contribution in [3.63, 3.8) is 0 Å². The van der Waals surface area contributed by atoms with Crippen molar-refractivity contribution in [3.05, 3.63) is 24.3 Å². The lowest BCUT2D eigenvalue weighted by Gasteiger charge is -2.53. The van der Waals surface area contributed by atoms with Crippen molar-refractivity contribution in [2.75, 3.05) is 26.4 Å². The van der Waals surface area contributed by atoms with E-state index in [-0.39, 0.29) is 30.6 Å². The van der Waals surface area contributed by atoms with Gasteiger partial charge in [-0.2, -0.15) is 4.31 Å². The molecule has 2 heterocycles. The van der Waals surface area contributed by atoms with Gasteiger partial charge in [-0.1, -0.05) is 0 Å². The number of hydrogen-bond acceptors (Lipinski definition) is 5. The fraction of sp³-hybridized carbons (Fsp3) is 0.533. The quantitative estimate of drug-likeness (QED) is 0.856. The maximum Gasteiger partial charge on any atom is 0.244 e. The van der Waals surface area contributed by atoms with Crippen LogP contribution >= 0.6 is 0 Å². The summed E-state index contributed by atoms with van der Waals surface area (Å²) in [6, 6.07) is 5.48. The number of amides is 1. The Bertz CT molecular complexity index is 697. The van der Waals surface area contributed by atoms with Crippen LogP contribution in [-0.4, -0.2) is 56.6 Å². The van der Waals surface area contributed by atoms with Gasteiger partial charge in [-0.05, 0) is 38.1 Å². The van der Waals surface area contributed by atoms with Gasteiger partial charge in [0.2, 0.25) is 15.9 Å². The smallest absolute Gasteiger partial charge is 0.244 e. The van der Waals surface area contributed by atoms with Crippen LogP contribution in [0.2, 0.25) is 0 Å². The number of sulfonamides is 1. The summed E-state index contributed by atoms with van der Waals surface area (Å²) in [5.41, 5.74) is -0.690. The maximum absolute atomic E-state index is 13.1. The summed E-state index contributed by atoms with van der Waals surface area (Å²) in [6.07, 6.45) is 0. The highest BCUT2D eigenvalue weighted by molar-refractivity contribution is 7.89. The summed E-state index contributed by atoms with van der Waals surface area (Å²) in [5.74, 6) is 0.314. The fourth-order valence-electron chi connectivity index (χ4n) is 3.01. The summed E-state index contributed by atoms with van der Waals surface area (Å²) < 4.78 is 38.0. The molecule has 2 aliphatic heterocycles. The van der Waals surface area contributed by atoms with E-state index in [0.29, 0.717) is 12.4 Å². The van der Waals surface area contributed by atoms with Gasteiger partial charge >= 0.3 is 0 Å². The molecule has 0 aromatic heterocycles. The lowest BCUT2D eigenvalue weighted by Crippen LogP contribution is -2.75. The van der Waals surface area contributed by atoms with E-state index in [9.17, 15) is 13.2 Å². The highest BCUT2D eigenvalue weighted by Gasteiger charge is 2.56. The van der Waals surface area contributed by atoms with Gasteiger partial charge in [0.05, 0.1) is 24.7 Å². The van der Waals surface area contributed by atoms with Crippen molar-refractivity contribution < 1.29 is 22.7 Å². The number of piperazine rings is 1. The van der Waals surface area contributed by atoms with Gasteiger partial charge < -0.3 is 14.8 Å². The van der Waals surface area contributed by atoms with E-state index >= 15 is 0 Å². The number of ether oxygens (including phenoxy) is 2. The summed E-state index contributed by atoms with van der Waals surface area (Å²) in [4.78, 5) is 12.1. The first-order valence-electron chi connectivity index (χ1n) is 7.53. The molecular formula is C15H20N2O5S. The Morgan fingerprint density at radius 1 is 1.35 bits per heavy atom. The number of benzene rings is 1. The number of carbonyl (C=O) groups is 1. The SMILES string of the molecule is CCOc1ccc(S(=O)(=O)N2[C@@H](C)C(=O)NCC23COC3)cc1. The van der Waals surface area contributed by atoms with Crippen LogP contribution in [0.15, 0.2) is 29.2 Å². The third kappa shape index (κ3) is 2.60. The molecule has 1 aromatic carbocycles. The lowest BCUT2D eigenvalue weighted by molar-refractivity contribution is -0.153. The summed E-state index contributed by atoms with van der Waals surface area (Å²) >= 11 is 0. The zero-order valence-corrected chi connectivity index (χ0v) is 13.9. The Morgan fingerprint density at radius 2 is 2.00 bits per heavy atom. The topological polar surface area (TPSA) is 84.9 Å². The Balaban J connectivity index is 1.97. The van der Waals surface area contributed by atoms with Gasteiger partial charge in [0.1, 0.15) is 17.3 Å². The molecule has 7 nitrogen and oxygen atoms in total. The summed E-state index contributed by atoms with van der Waals surface area (Å²) in [7, 11) is -3.81. The van der Waals surface area contributed by atoms with Crippen LogP contribution < -0.4 is 10.1 Å². The molecule has 0 radical (unpaired) electrons. The molecule has 3 rings (SSSR count). The van der Waals surface area contributed by atoms with Crippen molar-refractivity contribution in [2.24, 2.45) is 0 Å². The maximum atomic E-state index is 13.1.